The highest BCUT2D eigenvalue weighted by Crippen LogP contribution is 2.40. The van der Waals surface area contributed by atoms with Crippen LogP contribution < -0.4 is 5.32 Å². The average Bonchev–Trinajstić information content (AvgIpc) is 3.25. The molecule has 8 nitrogen and oxygen atoms in total. The molecule has 0 saturated carbocycles. The lowest BCUT2D eigenvalue weighted by Crippen LogP contribution is -2.44. The van der Waals surface area contributed by atoms with Crippen molar-refractivity contribution in [1.82, 2.24) is 14.9 Å². The summed E-state index contributed by atoms with van der Waals surface area (Å²) < 4.78 is 98.5. The van der Waals surface area contributed by atoms with Gasteiger partial charge in [-0.05, 0) is 37.5 Å². The van der Waals surface area contributed by atoms with Gasteiger partial charge in [-0.15, -0.1) is 0 Å². The third-order valence-corrected chi connectivity index (χ3v) is 9.39. The van der Waals surface area contributed by atoms with Crippen LogP contribution in [0.4, 0.5) is 33.3 Å². The number of ether oxygens (including phenoxy) is 1. The van der Waals surface area contributed by atoms with Gasteiger partial charge < -0.3 is 15.0 Å². The molecule has 0 aliphatic carbocycles. The zero-order valence-electron chi connectivity index (χ0n) is 21.7. The van der Waals surface area contributed by atoms with Crippen LogP contribution in [-0.4, -0.2) is 67.5 Å². The predicted molar refractivity (Wildman–Crippen MR) is 141 cm³/mol. The van der Waals surface area contributed by atoms with Crippen molar-refractivity contribution in [1.29, 1.82) is 0 Å². The van der Waals surface area contributed by atoms with Gasteiger partial charge in [0.2, 0.25) is 5.91 Å². The number of anilines is 2. The van der Waals surface area contributed by atoms with Crippen molar-refractivity contribution in [2.45, 2.75) is 44.5 Å². The van der Waals surface area contributed by atoms with Crippen LogP contribution in [0.1, 0.15) is 41.1 Å². The van der Waals surface area contributed by atoms with Crippen molar-refractivity contribution in [2.24, 2.45) is 5.92 Å². The van der Waals surface area contributed by atoms with Crippen LogP contribution in [0.5, 0.6) is 0 Å². The lowest BCUT2D eigenvalue weighted by molar-refractivity contribution is -0.190. The standard InChI is InChI=1S/C25H27F5N4O4S2/c1-13-32-19-18(20(38-3)22(26)27)17(12-31-23(19)39-13)33-16-6-4-14(5-7-16)21(25(28,29)30)34(2)24(35)15-8-10-40(36,37)11-9-15/h4-7,12,15,20-22,33H,8-11H2,1-3H3/t20-,21-/m0/s1. The maximum atomic E-state index is 14.2. The Balaban J connectivity index is 1.61. The number of nitrogens with zero attached hydrogens (tertiary/aromatic N) is 3. The number of aryl methyl sites for hydroxylation is 1. The van der Waals surface area contributed by atoms with E-state index in [-0.39, 0.29) is 52.4 Å². The van der Waals surface area contributed by atoms with E-state index in [1.165, 1.54) is 41.8 Å². The summed E-state index contributed by atoms with van der Waals surface area (Å²) in [6.07, 6.45) is -8.04. The second-order valence-electron chi connectivity index (χ2n) is 9.53. The van der Waals surface area contributed by atoms with Crippen LogP contribution >= 0.6 is 11.3 Å². The molecule has 1 saturated heterocycles. The van der Waals surface area contributed by atoms with Gasteiger partial charge >= 0.3 is 6.18 Å². The van der Waals surface area contributed by atoms with Crippen molar-refractivity contribution in [3.63, 3.8) is 0 Å². The number of benzene rings is 1. The van der Waals surface area contributed by atoms with Crippen molar-refractivity contribution in [3.8, 4) is 0 Å². The quantitative estimate of drug-likeness (QED) is 0.334. The number of hydrogen-bond acceptors (Lipinski definition) is 8. The van der Waals surface area contributed by atoms with Crippen LogP contribution in [-0.2, 0) is 19.4 Å². The fraction of sp³-hybridized carbons (Fsp3) is 0.480. The molecule has 1 aliphatic rings. The molecule has 4 rings (SSSR count). The number of amides is 1. The summed E-state index contributed by atoms with van der Waals surface area (Å²) >= 11 is 1.22. The predicted octanol–water partition coefficient (Wildman–Crippen LogP) is 5.58. The molecule has 1 N–H and O–H groups in total. The molecule has 0 spiro atoms. The van der Waals surface area contributed by atoms with E-state index in [1.54, 1.807) is 6.92 Å². The van der Waals surface area contributed by atoms with Gasteiger partial charge in [0.25, 0.3) is 6.43 Å². The average molecular weight is 607 g/mol. The first-order valence-corrected chi connectivity index (χ1v) is 14.8. The third-order valence-electron chi connectivity index (χ3n) is 6.79. The Labute approximate surface area is 231 Å². The van der Waals surface area contributed by atoms with Crippen LogP contribution in [0, 0.1) is 12.8 Å². The van der Waals surface area contributed by atoms with Crippen LogP contribution in [0.2, 0.25) is 0 Å². The summed E-state index contributed by atoms with van der Waals surface area (Å²) in [5.74, 6) is -2.09. The number of hydrogen-bond donors (Lipinski definition) is 1. The molecule has 1 fully saturated rings. The van der Waals surface area contributed by atoms with E-state index in [1.807, 2.05) is 0 Å². The van der Waals surface area contributed by atoms with E-state index in [2.05, 4.69) is 15.3 Å². The zero-order valence-corrected chi connectivity index (χ0v) is 23.3. The molecule has 1 aliphatic heterocycles. The highest BCUT2D eigenvalue weighted by Gasteiger charge is 2.46. The minimum Gasteiger partial charge on any atom is -0.371 e. The number of rotatable bonds is 8. The van der Waals surface area contributed by atoms with Crippen molar-refractivity contribution < 1.29 is 39.9 Å². The highest BCUT2D eigenvalue weighted by molar-refractivity contribution is 7.91. The normalized spacial score (nSPS) is 17.6. The lowest BCUT2D eigenvalue weighted by atomic mass is 9.98. The number of fused-ring (bicyclic) bond motifs is 1. The monoisotopic (exact) mass is 606 g/mol. The van der Waals surface area contributed by atoms with Crippen molar-refractivity contribution >= 4 is 48.8 Å². The van der Waals surface area contributed by atoms with Gasteiger partial charge in [0.05, 0.1) is 28.4 Å². The Morgan fingerprint density at radius 1 is 1.18 bits per heavy atom. The summed E-state index contributed by atoms with van der Waals surface area (Å²) in [6, 6.07) is 2.79. The Morgan fingerprint density at radius 3 is 2.35 bits per heavy atom. The molecule has 15 heteroatoms. The number of methoxy groups -OCH3 is 1. The Hall–Kier alpha value is -2.91. The number of aromatic nitrogens is 2. The Kier molecular flexibility index (Phi) is 8.66. The molecular formula is C25H27F5N4O4S2. The van der Waals surface area contributed by atoms with Gasteiger partial charge in [0.1, 0.15) is 26.3 Å². The molecule has 0 radical (unpaired) electrons. The van der Waals surface area contributed by atoms with Crippen LogP contribution in [0.3, 0.4) is 0 Å². The van der Waals surface area contributed by atoms with Gasteiger partial charge in [-0.3, -0.25) is 4.79 Å². The van der Waals surface area contributed by atoms with Crippen LogP contribution in [0.15, 0.2) is 30.5 Å². The molecule has 1 amide bonds. The van der Waals surface area contributed by atoms with E-state index in [9.17, 15) is 35.2 Å². The Bertz CT molecular complexity index is 1460. The molecule has 1 aromatic carbocycles. The number of alkyl halides is 5. The lowest BCUT2D eigenvalue weighted by Gasteiger charge is -2.34. The topological polar surface area (TPSA) is 101 Å². The molecular weight excluding hydrogens is 579 g/mol. The molecule has 218 valence electrons. The molecule has 3 aromatic rings. The smallest absolute Gasteiger partial charge is 0.371 e. The molecule has 0 bridgehead atoms. The maximum Gasteiger partial charge on any atom is 0.413 e. The highest BCUT2D eigenvalue weighted by atomic mass is 32.2. The van der Waals surface area contributed by atoms with Gasteiger partial charge in [0.15, 0.2) is 6.04 Å². The molecule has 40 heavy (non-hydrogen) atoms. The summed E-state index contributed by atoms with van der Waals surface area (Å²) in [5.41, 5.74) is 0.538. The second-order valence-corrected chi connectivity index (χ2v) is 13.0. The fourth-order valence-corrected chi connectivity index (χ4v) is 7.09. The fourth-order valence-electron chi connectivity index (χ4n) is 4.82. The van der Waals surface area contributed by atoms with Crippen molar-refractivity contribution in [2.75, 3.05) is 31.0 Å². The maximum absolute atomic E-state index is 14.2. The first-order valence-electron chi connectivity index (χ1n) is 12.2. The molecule has 3 heterocycles. The summed E-state index contributed by atoms with van der Waals surface area (Å²) in [6.45, 7) is 1.71. The first-order chi connectivity index (χ1) is 18.7. The summed E-state index contributed by atoms with van der Waals surface area (Å²) in [7, 11) is -1.10. The van der Waals surface area contributed by atoms with Gasteiger partial charge in [-0.1, -0.05) is 23.5 Å². The number of pyridine rings is 1. The van der Waals surface area contributed by atoms with Gasteiger partial charge in [-0.25, -0.2) is 27.2 Å². The van der Waals surface area contributed by atoms with E-state index < -0.39 is 46.4 Å². The van der Waals surface area contributed by atoms with Crippen LogP contribution in [0.25, 0.3) is 10.3 Å². The molecule has 2 atom stereocenters. The van der Waals surface area contributed by atoms with Gasteiger partial charge in [-0.2, -0.15) is 13.2 Å². The summed E-state index contributed by atoms with van der Waals surface area (Å²) in [5, 5.41) is 3.54. The minimum atomic E-state index is -4.81. The third kappa shape index (κ3) is 6.36. The summed E-state index contributed by atoms with van der Waals surface area (Å²) in [4.78, 5) is 22.5. The number of halogens is 5. The van der Waals surface area contributed by atoms with Gasteiger partial charge in [0, 0.05) is 31.3 Å². The number of carbonyl (C=O) groups excluding carboxylic acids is 1. The second kappa shape index (κ2) is 11.5. The number of thiazole rings is 1. The molecule has 0 unspecified atom stereocenters. The van der Waals surface area contributed by atoms with E-state index >= 15 is 0 Å². The SMILES string of the molecule is CO[C@@H](c1c(Nc2ccc([C@H](N(C)C(=O)C3CCS(=O)(=O)CC3)C(F)(F)F)cc2)cnc2sc(C)nc12)C(F)F. The van der Waals surface area contributed by atoms with E-state index in [0.717, 1.165) is 14.2 Å². The minimum absolute atomic E-state index is 0.0285. The first kappa shape index (κ1) is 30.1. The van der Waals surface area contributed by atoms with Crippen molar-refractivity contribution in [3.05, 3.63) is 46.6 Å². The van der Waals surface area contributed by atoms with E-state index in [0.29, 0.717) is 14.7 Å². The number of carbonyl (C=O) groups is 1. The van der Waals surface area contributed by atoms with E-state index in [4.69, 9.17) is 4.74 Å². The number of nitrogens with one attached hydrogen (secondary N) is 1. The largest absolute Gasteiger partial charge is 0.413 e. The Morgan fingerprint density at radius 2 is 1.80 bits per heavy atom. The zero-order chi connectivity index (χ0) is 29.4. The number of sulfone groups is 1. The molecule has 2 aromatic heterocycles.